The Morgan fingerprint density at radius 2 is 2.11 bits per heavy atom. The monoisotopic (exact) mass is 287 g/mol. The molecular formula is C11H14FN3O3S. The van der Waals surface area contributed by atoms with Crippen LogP contribution in [-0.2, 0) is 14.8 Å². The number of hydrogen-bond donors (Lipinski definition) is 2. The van der Waals surface area contributed by atoms with Crippen LogP contribution in [0.2, 0.25) is 0 Å². The van der Waals surface area contributed by atoms with E-state index in [1.54, 1.807) is 0 Å². The minimum absolute atomic E-state index is 0.139. The van der Waals surface area contributed by atoms with Gasteiger partial charge in [-0.05, 0) is 31.0 Å². The summed E-state index contributed by atoms with van der Waals surface area (Å²) in [7, 11) is -3.89. The molecule has 1 aliphatic heterocycles. The highest BCUT2D eigenvalue weighted by Crippen LogP contribution is 2.27. The van der Waals surface area contributed by atoms with Gasteiger partial charge in [-0.25, -0.2) is 12.8 Å². The van der Waals surface area contributed by atoms with Gasteiger partial charge in [-0.3, -0.25) is 4.79 Å². The number of halogens is 1. The van der Waals surface area contributed by atoms with Crippen LogP contribution < -0.4 is 11.5 Å². The van der Waals surface area contributed by atoms with Crippen molar-refractivity contribution in [3.8, 4) is 0 Å². The zero-order valence-electron chi connectivity index (χ0n) is 10.0. The molecule has 0 radical (unpaired) electrons. The maximum Gasteiger partial charge on any atom is 0.243 e. The number of carbonyl (C=O) groups is 1. The van der Waals surface area contributed by atoms with Gasteiger partial charge >= 0.3 is 0 Å². The number of amides is 1. The minimum atomic E-state index is -3.89. The van der Waals surface area contributed by atoms with Gasteiger partial charge in [0.2, 0.25) is 15.9 Å². The Bertz CT molecular complexity index is 618. The Balaban J connectivity index is 2.42. The molecule has 1 aromatic carbocycles. The molecule has 1 aliphatic rings. The van der Waals surface area contributed by atoms with Crippen molar-refractivity contribution in [2.24, 2.45) is 5.73 Å². The van der Waals surface area contributed by atoms with Crippen molar-refractivity contribution in [3.63, 3.8) is 0 Å². The smallest absolute Gasteiger partial charge is 0.243 e. The number of primary amides is 1. The molecule has 1 heterocycles. The SMILES string of the molecule is NC(=O)C1CCCN1S(=O)(=O)c1ccc(F)c(N)c1. The lowest BCUT2D eigenvalue weighted by molar-refractivity contribution is -0.121. The summed E-state index contributed by atoms with van der Waals surface area (Å²) in [5, 5.41) is 0. The van der Waals surface area contributed by atoms with Crippen molar-refractivity contribution in [1.29, 1.82) is 0 Å². The maximum absolute atomic E-state index is 13.1. The summed E-state index contributed by atoms with van der Waals surface area (Å²) in [6.07, 6.45) is 0.953. The van der Waals surface area contributed by atoms with Crippen LogP contribution in [0.4, 0.5) is 10.1 Å². The predicted molar refractivity (Wildman–Crippen MR) is 66.9 cm³/mol. The van der Waals surface area contributed by atoms with Crippen molar-refractivity contribution in [1.82, 2.24) is 4.31 Å². The molecule has 6 nitrogen and oxygen atoms in total. The van der Waals surface area contributed by atoms with E-state index in [2.05, 4.69) is 0 Å². The van der Waals surface area contributed by atoms with Gasteiger partial charge in [0.25, 0.3) is 0 Å². The molecule has 4 N–H and O–H groups in total. The molecule has 0 spiro atoms. The second kappa shape index (κ2) is 4.78. The molecule has 0 bridgehead atoms. The van der Waals surface area contributed by atoms with E-state index in [0.29, 0.717) is 12.8 Å². The van der Waals surface area contributed by atoms with Gasteiger partial charge < -0.3 is 11.5 Å². The standard InChI is InChI=1S/C11H14FN3O3S/c12-8-4-3-7(6-9(8)13)19(17,18)15-5-1-2-10(15)11(14)16/h3-4,6,10H,1-2,5,13H2,(H2,14,16). The van der Waals surface area contributed by atoms with Crippen molar-refractivity contribution >= 4 is 21.6 Å². The Hall–Kier alpha value is -1.67. The molecule has 104 valence electrons. The molecule has 1 fully saturated rings. The third-order valence-electron chi connectivity index (χ3n) is 3.11. The predicted octanol–water partition coefficient (Wildman–Crippen LogP) is 0.0463. The molecule has 0 aromatic heterocycles. The topological polar surface area (TPSA) is 106 Å². The van der Waals surface area contributed by atoms with Crippen LogP contribution in [0.1, 0.15) is 12.8 Å². The van der Waals surface area contributed by atoms with E-state index >= 15 is 0 Å². The molecule has 0 saturated carbocycles. The fourth-order valence-corrected chi connectivity index (χ4v) is 3.83. The van der Waals surface area contributed by atoms with Crippen molar-refractivity contribution in [2.75, 3.05) is 12.3 Å². The highest BCUT2D eigenvalue weighted by Gasteiger charge is 2.38. The van der Waals surface area contributed by atoms with Gasteiger partial charge in [-0.2, -0.15) is 4.31 Å². The number of nitrogen functional groups attached to an aromatic ring is 1. The van der Waals surface area contributed by atoms with E-state index in [-0.39, 0.29) is 17.1 Å². The number of carbonyl (C=O) groups excluding carboxylic acids is 1. The van der Waals surface area contributed by atoms with E-state index in [9.17, 15) is 17.6 Å². The first-order valence-corrected chi connectivity index (χ1v) is 7.14. The number of rotatable bonds is 3. The van der Waals surface area contributed by atoms with E-state index in [0.717, 1.165) is 22.5 Å². The number of hydrogen-bond acceptors (Lipinski definition) is 4. The number of sulfonamides is 1. The first-order valence-electron chi connectivity index (χ1n) is 5.70. The fourth-order valence-electron chi connectivity index (χ4n) is 2.13. The normalized spacial score (nSPS) is 20.6. The summed E-state index contributed by atoms with van der Waals surface area (Å²) in [6, 6.07) is 2.30. The third kappa shape index (κ3) is 2.41. The van der Waals surface area contributed by atoms with Crippen LogP contribution in [0.15, 0.2) is 23.1 Å². The summed E-state index contributed by atoms with van der Waals surface area (Å²) in [5.74, 6) is -1.37. The quantitative estimate of drug-likeness (QED) is 0.766. The summed E-state index contributed by atoms with van der Waals surface area (Å²) in [4.78, 5) is 11.1. The first-order chi connectivity index (χ1) is 8.84. The van der Waals surface area contributed by atoms with E-state index < -0.39 is 27.8 Å². The Morgan fingerprint density at radius 3 is 2.68 bits per heavy atom. The molecule has 8 heteroatoms. The van der Waals surface area contributed by atoms with E-state index in [4.69, 9.17) is 11.5 Å². The van der Waals surface area contributed by atoms with Crippen molar-refractivity contribution < 1.29 is 17.6 Å². The highest BCUT2D eigenvalue weighted by atomic mass is 32.2. The van der Waals surface area contributed by atoms with Crippen LogP contribution in [0, 0.1) is 5.82 Å². The highest BCUT2D eigenvalue weighted by molar-refractivity contribution is 7.89. The van der Waals surface area contributed by atoms with Gasteiger partial charge in [0.15, 0.2) is 0 Å². The number of nitrogens with zero attached hydrogens (tertiary/aromatic N) is 1. The average Bonchev–Trinajstić information content (AvgIpc) is 2.82. The summed E-state index contributed by atoms with van der Waals surface area (Å²) in [6.45, 7) is 0.215. The molecule has 19 heavy (non-hydrogen) atoms. The molecule has 0 aliphatic carbocycles. The van der Waals surface area contributed by atoms with Gasteiger partial charge in [-0.1, -0.05) is 0 Å². The lowest BCUT2D eigenvalue weighted by atomic mass is 10.2. The van der Waals surface area contributed by atoms with Crippen LogP contribution in [0.25, 0.3) is 0 Å². The van der Waals surface area contributed by atoms with Crippen molar-refractivity contribution in [3.05, 3.63) is 24.0 Å². The van der Waals surface area contributed by atoms with Crippen molar-refractivity contribution in [2.45, 2.75) is 23.8 Å². The molecule has 1 saturated heterocycles. The number of nitrogens with two attached hydrogens (primary N) is 2. The zero-order valence-corrected chi connectivity index (χ0v) is 10.9. The average molecular weight is 287 g/mol. The number of anilines is 1. The third-order valence-corrected chi connectivity index (χ3v) is 5.01. The second-order valence-corrected chi connectivity index (χ2v) is 6.25. The fraction of sp³-hybridized carbons (Fsp3) is 0.364. The van der Waals surface area contributed by atoms with E-state index in [1.807, 2.05) is 0 Å². The Morgan fingerprint density at radius 1 is 1.42 bits per heavy atom. The minimum Gasteiger partial charge on any atom is -0.396 e. The van der Waals surface area contributed by atoms with Gasteiger partial charge in [0, 0.05) is 6.54 Å². The number of benzene rings is 1. The molecule has 1 aromatic rings. The lowest BCUT2D eigenvalue weighted by Gasteiger charge is -2.21. The van der Waals surface area contributed by atoms with Crippen LogP contribution in [-0.4, -0.2) is 31.2 Å². The molecule has 1 amide bonds. The van der Waals surface area contributed by atoms with Crippen LogP contribution in [0.5, 0.6) is 0 Å². The summed E-state index contributed by atoms with van der Waals surface area (Å²) < 4.78 is 38.8. The second-order valence-electron chi connectivity index (χ2n) is 4.36. The van der Waals surface area contributed by atoms with Gasteiger partial charge in [0.1, 0.15) is 11.9 Å². The maximum atomic E-state index is 13.1. The largest absolute Gasteiger partial charge is 0.396 e. The molecule has 1 unspecified atom stereocenters. The first kappa shape index (κ1) is 13.8. The molecule has 1 atom stereocenters. The lowest BCUT2D eigenvalue weighted by Crippen LogP contribution is -2.43. The van der Waals surface area contributed by atoms with Crippen LogP contribution >= 0.6 is 0 Å². The Kier molecular flexibility index (Phi) is 3.46. The summed E-state index contributed by atoms with van der Waals surface area (Å²) >= 11 is 0. The summed E-state index contributed by atoms with van der Waals surface area (Å²) in [5.41, 5.74) is 10.3. The van der Waals surface area contributed by atoms with Crippen LogP contribution in [0.3, 0.4) is 0 Å². The molecular weight excluding hydrogens is 273 g/mol. The molecule has 2 rings (SSSR count). The zero-order chi connectivity index (χ0) is 14.2. The Labute approximate surface area is 110 Å². The van der Waals surface area contributed by atoms with E-state index in [1.165, 1.54) is 0 Å². The van der Waals surface area contributed by atoms with Gasteiger partial charge in [0.05, 0.1) is 10.6 Å². The van der Waals surface area contributed by atoms with Gasteiger partial charge in [-0.15, -0.1) is 0 Å².